The molecule has 0 aliphatic heterocycles. The molecule has 0 radical (unpaired) electrons. The number of methoxy groups -OCH3 is 2. The maximum Gasteiger partial charge on any atom is 0.309 e. The Kier molecular flexibility index (Phi) is 4.86. The predicted molar refractivity (Wildman–Crippen MR) is 63.7 cm³/mol. The average Bonchev–Trinajstić information content (AvgIpc) is 2.31. The highest BCUT2D eigenvalue weighted by Gasteiger charge is 2.00. The van der Waals surface area contributed by atoms with Crippen LogP contribution in [0.25, 0.3) is 6.08 Å². The second-order valence-corrected chi connectivity index (χ2v) is 3.48. The van der Waals surface area contributed by atoms with Gasteiger partial charge in [-0.15, -0.1) is 0 Å². The van der Waals surface area contributed by atoms with Crippen LogP contribution >= 0.6 is 11.6 Å². The number of benzene rings is 1. The monoisotopic (exact) mass is 240 g/mol. The van der Waals surface area contributed by atoms with Gasteiger partial charge in [0.05, 0.1) is 20.6 Å². The average molecular weight is 241 g/mol. The summed E-state index contributed by atoms with van der Waals surface area (Å²) in [5.74, 6) is 0.442. The molecule has 0 fully saturated rings. The number of carbonyl (C=O) groups excluding carboxylic acids is 1. The van der Waals surface area contributed by atoms with Crippen molar-refractivity contribution in [2.75, 3.05) is 14.2 Å². The van der Waals surface area contributed by atoms with Gasteiger partial charge in [-0.3, -0.25) is 4.79 Å². The molecule has 0 bridgehead atoms. The van der Waals surface area contributed by atoms with Crippen LogP contribution in [0.3, 0.4) is 0 Å². The maximum atomic E-state index is 10.9. The zero-order valence-electron chi connectivity index (χ0n) is 9.20. The molecule has 3 nitrogen and oxygen atoms in total. The zero-order valence-corrected chi connectivity index (χ0v) is 9.95. The second-order valence-electron chi connectivity index (χ2n) is 3.07. The van der Waals surface area contributed by atoms with Crippen LogP contribution in [0.15, 0.2) is 24.3 Å². The normalized spacial score (nSPS) is 10.4. The molecule has 0 aromatic heterocycles. The molecular formula is C12H13ClO3. The van der Waals surface area contributed by atoms with E-state index in [4.69, 9.17) is 16.3 Å². The first-order valence-electron chi connectivity index (χ1n) is 4.74. The molecule has 0 spiro atoms. The minimum absolute atomic E-state index is 0.226. The summed E-state index contributed by atoms with van der Waals surface area (Å²) in [6.45, 7) is 0. The molecule has 1 aromatic carbocycles. The number of hydrogen-bond donors (Lipinski definition) is 0. The summed E-state index contributed by atoms with van der Waals surface area (Å²) in [6.07, 6.45) is 3.69. The van der Waals surface area contributed by atoms with Gasteiger partial charge >= 0.3 is 5.97 Å². The van der Waals surface area contributed by atoms with E-state index in [1.54, 1.807) is 37.5 Å². The summed E-state index contributed by atoms with van der Waals surface area (Å²) in [7, 11) is 2.94. The summed E-state index contributed by atoms with van der Waals surface area (Å²) in [6, 6.07) is 5.33. The Labute approximate surface area is 99.6 Å². The van der Waals surface area contributed by atoms with Crippen molar-refractivity contribution in [3.63, 3.8) is 0 Å². The third-order valence-electron chi connectivity index (χ3n) is 2.01. The molecule has 0 saturated heterocycles. The highest BCUT2D eigenvalue weighted by Crippen LogP contribution is 2.23. The molecule has 0 saturated carbocycles. The Bertz CT molecular complexity index is 399. The molecule has 0 N–H and O–H groups in total. The maximum absolute atomic E-state index is 10.9. The molecule has 0 amide bonds. The number of ether oxygens (including phenoxy) is 2. The first-order valence-corrected chi connectivity index (χ1v) is 5.12. The van der Waals surface area contributed by atoms with E-state index in [2.05, 4.69) is 4.74 Å². The number of carbonyl (C=O) groups is 1. The van der Waals surface area contributed by atoms with Crippen molar-refractivity contribution in [3.8, 4) is 5.75 Å². The van der Waals surface area contributed by atoms with Crippen molar-refractivity contribution in [2.24, 2.45) is 0 Å². The van der Waals surface area contributed by atoms with Crippen molar-refractivity contribution >= 4 is 23.6 Å². The Balaban J connectivity index is 2.75. The van der Waals surface area contributed by atoms with Gasteiger partial charge in [-0.2, -0.15) is 0 Å². The summed E-state index contributed by atoms with van der Waals surface area (Å²) in [5.41, 5.74) is 0.810. The van der Waals surface area contributed by atoms with Gasteiger partial charge in [-0.25, -0.2) is 0 Å². The smallest absolute Gasteiger partial charge is 0.309 e. The first kappa shape index (κ1) is 12.6. The van der Waals surface area contributed by atoms with Crippen molar-refractivity contribution < 1.29 is 14.3 Å². The Morgan fingerprint density at radius 1 is 1.44 bits per heavy atom. The van der Waals surface area contributed by atoms with Crippen LogP contribution < -0.4 is 4.74 Å². The lowest BCUT2D eigenvalue weighted by molar-refractivity contribution is -0.139. The molecule has 16 heavy (non-hydrogen) atoms. The molecule has 4 heteroatoms. The Morgan fingerprint density at radius 3 is 2.81 bits per heavy atom. The van der Waals surface area contributed by atoms with E-state index in [9.17, 15) is 4.79 Å². The van der Waals surface area contributed by atoms with Crippen molar-refractivity contribution in [1.29, 1.82) is 0 Å². The standard InChI is InChI=1S/C12H13ClO3/c1-15-10-6-7-11(13)9(8-10)4-3-5-12(14)16-2/h3-4,6-8H,5H2,1-2H3/b4-3+. The molecule has 0 unspecified atom stereocenters. The quantitative estimate of drug-likeness (QED) is 0.759. The molecular weight excluding hydrogens is 228 g/mol. The lowest BCUT2D eigenvalue weighted by atomic mass is 10.2. The van der Waals surface area contributed by atoms with Gasteiger partial charge in [-0.1, -0.05) is 23.8 Å². The van der Waals surface area contributed by atoms with Gasteiger partial charge in [0, 0.05) is 5.02 Å². The van der Waals surface area contributed by atoms with E-state index in [1.807, 2.05) is 0 Å². The van der Waals surface area contributed by atoms with Gasteiger partial charge in [0.25, 0.3) is 0 Å². The summed E-state index contributed by atoms with van der Waals surface area (Å²) in [5, 5.41) is 0.613. The van der Waals surface area contributed by atoms with E-state index >= 15 is 0 Å². The minimum atomic E-state index is -0.282. The number of esters is 1. The van der Waals surface area contributed by atoms with Crippen LogP contribution in [0.4, 0.5) is 0 Å². The number of rotatable bonds is 4. The van der Waals surface area contributed by atoms with E-state index in [0.29, 0.717) is 5.02 Å². The molecule has 0 atom stereocenters. The van der Waals surface area contributed by atoms with Gasteiger partial charge in [0.1, 0.15) is 5.75 Å². The molecule has 0 heterocycles. The lowest BCUT2D eigenvalue weighted by Crippen LogP contribution is -1.96. The van der Waals surface area contributed by atoms with Crippen LogP contribution in [-0.2, 0) is 9.53 Å². The molecule has 0 aliphatic carbocycles. The third-order valence-corrected chi connectivity index (χ3v) is 2.36. The largest absolute Gasteiger partial charge is 0.497 e. The van der Waals surface area contributed by atoms with Gasteiger partial charge in [0.2, 0.25) is 0 Å². The van der Waals surface area contributed by atoms with Crippen molar-refractivity contribution in [3.05, 3.63) is 34.9 Å². The third kappa shape index (κ3) is 3.59. The summed E-state index contributed by atoms with van der Waals surface area (Å²) >= 11 is 5.98. The topological polar surface area (TPSA) is 35.5 Å². The van der Waals surface area contributed by atoms with Crippen LogP contribution in [0, 0.1) is 0 Å². The highest BCUT2D eigenvalue weighted by atomic mass is 35.5. The van der Waals surface area contributed by atoms with Crippen molar-refractivity contribution in [1.82, 2.24) is 0 Å². The fourth-order valence-electron chi connectivity index (χ4n) is 1.14. The molecule has 1 rings (SSSR count). The van der Waals surface area contributed by atoms with E-state index in [0.717, 1.165) is 11.3 Å². The first-order chi connectivity index (χ1) is 7.67. The summed E-state index contributed by atoms with van der Waals surface area (Å²) < 4.78 is 9.59. The van der Waals surface area contributed by atoms with Crippen LogP contribution in [0.5, 0.6) is 5.75 Å². The van der Waals surface area contributed by atoms with Crippen LogP contribution in [-0.4, -0.2) is 20.2 Å². The van der Waals surface area contributed by atoms with E-state index in [-0.39, 0.29) is 12.4 Å². The summed E-state index contributed by atoms with van der Waals surface area (Å²) in [4.78, 5) is 10.9. The van der Waals surface area contributed by atoms with E-state index in [1.165, 1.54) is 7.11 Å². The van der Waals surface area contributed by atoms with Gasteiger partial charge in [-0.05, 0) is 23.8 Å². The Hall–Kier alpha value is -1.48. The SMILES string of the molecule is COC(=O)C/C=C/c1cc(OC)ccc1Cl. The van der Waals surface area contributed by atoms with Crippen molar-refractivity contribution in [2.45, 2.75) is 6.42 Å². The fourth-order valence-corrected chi connectivity index (χ4v) is 1.32. The zero-order chi connectivity index (χ0) is 12.0. The Morgan fingerprint density at radius 2 is 2.19 bits per heavy atom. The van der Waals surface area contributed by atoms with Gasteiger partial charge in [0.15, 0.2) is 0 Å². The fraction of sp³-hybridized carbons (Fsp3) is 0.250. The highest BCUT2D eigenvalue weighted by molar-refractivity contribution is 6.32. The van der Waals surface area contributed by atoms with E-state index < -0.39 is 0 Å². The van der Waals surface area contributed by atoms with Gasteiger partial charge < -0.3 is 9.47 Å². The van der Waals surface area contributed by atoms with Crippen LogP contribution in [0.1, 0.15) is 12.0 Å². The number of hydrogen-bond acceptors (Lipinski definition) is 3. The second kappa shape index (κ2) is 6.18. The molecule has 0 aliphatic rings. The minimum Gasteiger partial charge on any atom is -0.497 e. The van der Waals surface area contributed by atoms with Crippen LogP contribution in [0.2, 0.25) is 5.02 Å². The predicted octanol–water partition coefficient (Wildman–Crippen LogP) is 2.92. The lowest BCUT2D eigenvalue weighted by Gasteiger charge is -2.02. The number of halogens is 1. The molecule has 1 aromatic rings. The molecule has 86 valence electrons.